The topological polar surface area (TPSA) is 95.7 Å². The lowest BCUT2D eigenvalue weighted by molar-refractivity contribution is 0.137. The number of carboxylic acid groups (broad SMARTS) is 2. The van der Waals surface area contributed by atoms with E-state index in [1.807, 2.05) is 0 Å². The number of carbonyl (C=O) groups is 2. The van der Waals surface area contributed by atoms with E-state index < -0.39 is 18.2 Å². The molecule has 2 rings (SSSR count). The van der Waals surface area contributed by atoms with Gasteiger partial charge in [-0.15, -0.1) is 0 Å². The molecule has 1 aliphatic heterocycles. The molecule has 1 aromatic rings. The smallest absolute Gasteiger partial charge is 0.417 e. The first-order valence-electron chi connectivity index (χ1n) is 4.98. The van der Waals surface area contributed by atoms with E-state index in [9.17, 15) is 9.59 Å². The minimum atomic E-state index is -1.18. The Morgan fingerprint density at radius 2 is 2.12 bits per heavy atom. The zero-order valence-corrected chi connectivity index (χ0v) is 10.3. The molecule has 1 fully saturated rings. The molecule has 8 heteroatoms. The molecule has 1 saturated heterocycles. The highest BCUT2D eigenvalue weighted by Gasteiger charge is 2.34. The third kappa shape index (κ3) is 1.99. The summed E-state index contributed by atoms with van der Waals surface area (Å²) in [6.45, 7) is 0.407. The van der Waals surface area contributed by atoms with Gasteiger partial charge in [0.25, 0.3) is 0 Å². The Balaban J connectivity index is 2.40. The van der Waals surface area contributed by atoms with Crippen molar-refractivity contribution in [3.8, 4) is 0 Å². The molecule has 7 nitrogen and oxygen atoms in total. The molecule has 1 aliphatic rings. The Hall–Kier alpha value is -1.57. The minimum Gasteiger partial charge on any atom is -0.465 e. The Kier molecular flexibility index (Phi) is 3.05. The van der Waals surface area contributed by atoms with Gasteiger partial charge in [0.1, 0.15) is 10.4 Å². The van der Waals surface area contributed by atoms with Crippen LogP contribution in [0, 0.1) is 0 Å². The average Bonchev–Trinajstić information content (AvgIpc) is 2.82. The second kappa shape index (κ2) is 4.36. The molecule has 92 valence electrons. The van der Waals surface area contributed by atoms with E-state index in [0.29, 0.717) is 24.0 Å². The Labute approximate surface area is 105 Å². The van der Waals surface area contributed by atoms with Crippen molar-refractivity contribution in [3.05, 3.63) is 16.6 Å². The quantitative estimate of drug-likeness (QED) is 0.827. The lowest BCUT2D eigenvalue weighted by atomic mass is 10.2. The SMILES string of the molecule is O=C(O)N1CCC[C@H]1c1ncc(Br)n1C(=O)O. The van der Waals surface area contributed by atoms with E-state index >= 15 is 0 Å². The highest BCUT2D eigenvalue weighted by molar-refractivity contribution is 9.10. The predicted octanol–water partition coefficient (Wildman–Crippen LogP) is 1.99. The van der Waals surface area contributed by atoms with Crippen LogP contribution >= 0.6 is 15.9 Å². The van der Waals surface area contributed by atoms with Gasteiger partial charge in [-0.25, -0.2) is 19.1 Å². The Bertz CT molecular complexity index is 473. The maximum absolute atomic E-state index is 11.1. The molecule has 0 bridgehead atoms. The molecule has 2 N–H and O–H groups in total. The van der Waals surface area contributed by atoms with Crippen LogP contribution in [0.1, 0.15) is 24.7 Å². The molecule has 0 aromatic carbocycles. The molecular formula is C9H10BrN3O4. The molecule has 0 aliphatic carbocycles. The number of imidazole rings is 1. The summed E-state index contributed by atoms with van der Waals surface area (Å²) in [5.41, 5.74) is 0. The van der Waals surface area contributed by atoms with Gasteiger partial charge in [0.15, 0.2) is 0 Å². The van der Waals surface area contributed by atoms with Gasteiger partial charge in [-0.3, -0.25) is 4.90 Å². The van der Waals surface area contributed by atoms with Crippen molar-refractivity contribution < 1.29 is 19.8 Å². The highest BCUT2D eigenvalue weighted by Crippen LogP contribution is 2.32. The van der Waals surface area contributed by atoms with E-state index in [1.54, 1.807) is 0 Å². The highest BCUT2D eigenvalue weighted by atomic mass is 79.9. The van der Waals surface area contributed by atoms with E-state index in [2.05, 4.69) is 20.9 Å². The molecule has 17 heavy (non-hydrogen) atoms. The van der Waals surface area contributed by atoms with Gasteiger partial charge >= 0.3 is 12.2 Å². The van der Waals surface area contributed by atoms with Crippen molar-refractivity contribution in [3.63, 3.8) is 0 Å². The molecule has 2 heterocycles. The first-order valence-corrected chi connectivity index (χ1v) is 5.77. The molecule has 1 amide bonds. The average molecular weight is 304 g/mol. The van der Waals surface area contributed by atoms with Crippen molar-refractivity contribution in [1.82, 2.24) is 14.5 Å². The van der Waals surface area contributed by atoms with Crippen LogP contribution in [0.15, 0.2) is 10.8 Å². The van der Waals surface area contributed by atoms with Crippen LogP contribution in [-0.2, 0) is 0 Å². The van der Waals surface area contributed by atoms with Gasteiger partial charge in [0.05, 0.1) is 12.2 Å². The number of likely N-dealkylation sites (tertiary alicyclic amines) is 1. The molecule has 0 radical (unpaired) electrons. The lowest BCUT2D eigenvalue weighted by Crippen LogP contribution is -2.31. The summed E-state index contributed by atoms with van der Waals surface area (Å²) in [6.07, 6.45) is 0.427. The molecule has 0 unspecified atom stereocenters. The Morgan fingerprint density at radius 3 is 2.71 bits per heavy atom. The number of amides is 1. The van der Waals surface area contributed by atoms with Crippen LogP contribution in [0.5, 0.6) is 0 Å². The fourth-order valence-electron chi connectivity index (χ4n) is 2.03. The van der Waals surface area contributed by atoms with Crippen molar-refractivity contribution >= 4 is 28.1 Å². The van der Waals surface area contributed by atoms with E-state index in [4.69, 9.17) is 10.2 Å². The number of aromatic nitrogens is 2. The van der Waals surface area contributed by atoms with Crippen LogP contribution in [0.4, 0.5) is 9.59 Å². The molecule has 1 atom stereocenters. The largest absolute Gasteiger partial charge is 0.465 e. The van der Waals surface area contributed by atoms with Crippen molar-refractivity contribution in [2.45, 2.75) is 18.9 Å². The minimum absolute atomic E-state index is 0.240. The Morgan fingerprint density at radius 1 is 1.41 bits per heavy atom. The lowest BCUT2D eigenvalue weighted by Gasteiger charge is -2.20. The summed E-state index contributed by atoms with van der Waals surface area (Å²) in [6, 6.07) is -0.491. The van der Waals surface area contributed by atoms with Crippen LogP contribution in [0.25, 0.3) is 0 Å². The number of halogens is 1. The molecular weight excluding hydrogens is 294 g/mol. The third-order valence-corrected chi connectivity index (χ3v) is 3.29. The second-order valence-corrected chi connectivity index (χ2v) is 4.50. The van der Waals surface area contributed by atoms with Gasteiger partial charge in [-0.2, -0.15) is 0 Å². The summed E-state index contributed by atoms with van der Waals surface area (Å²) in [4.78, 5) is 27.3. The van der Waals surface area contributed by atoms with Crippen molar-refractivity contribution in [2.24, 2.45) is 0 Å². The van der Waals surface area contributed by atoms with Crippen LogP contribution in [0.3, 0.4) is 0 Å². The predicted molar refractivity (Wildman–Crippen MR) is 60.1 cm³/mol. The normalized spacial score (nSPS) is 19.6. The van der Waals surface area contributed by atoms with Gasteiger partial charge in [-0.1, -0.05) is 0 Å². The summed E-state index contributed by atoms with van der Waals surface area (Å²) in [7, 11) is 0. The maximum Gasteiger partial charge on any atom is 0.417 e. The third-order valence-electron chi connectivity index (χ3n) is 2.73. The summed E-state index contributed by atoms with van der Waals surface area (Å²) >= 11 is 3.08. The maximum atomic E-state index is 11.1. The van der Waals surface area contributed by atoms with Gasteiger partial charge in [0.2, 0.25) is 0 Å². The fraction of sp³-hybridized carbons (Fsp3) is 0.444. The van der Waals surface area contributed by atoms with E-state index in [1.165, 1.54) is 11.1 Å². The zero-order chi connectivity index (χ0) is 12.6. The van der Waals surface area contributed by atoms with Gasteiger partial charge < -0.3 is 10.2 Å². The fourth-order valence-corrected chi connectivity index (χ4v) is 2.47. The number of rotatable bonds is 1. The monoisotopic (exact) mass is 303 g/mol. The second-order valence-electron chi connectivity index (χ2n) is 3.69. The van der Waals surface area contributed by atoms with Gasteiger partial charge in [0, 0.05) is 6.54 Å². The molecule has 0 spiro atoms. The number of nitrogens with zero attached hydrogens (tertiary/aromatic N) is 3. The first-order chi connectivity index (χ1) is 8.02. The molecule has 1 aromatic heterocycles. The van der Waals surface area contributed by atoms with Crippen LogP contribution < -0.4 is 0 Å². The summed E-state index contributed by atoms with van der Waals surface area (Å²) in [5, 5.41) is 18.1. The van der Waals surface area contributed by atoms with E-state index in [-0.39, 0.29) is 5.82 Å². The van der Waals surface area contributed by atoms with Crippen molar-refractivity contribution in [1.29, 1.82) is 0 Å². The van der Waals surface area contributed by atoms with Crippen LogP contribution in [0.2, 0.25) is 0 Å². The zero-order valence-electron chi connectivity index (χ0n) is 8.71. The van der Waals surface area contributed by atoms with Crippen LogP contribution in [-0.4, -0.2) is 43.4 Å². The van der Waals surface area contributed by atoms with Gasteiger partial charge in [-0.05, 0) is 28.8 Å². The first kappa shape index (κ1) is 11.9. The number of hydrogen-bond acceptors (Lipinski definition) is 3. The van der Waals surface area contributed by atoms with Crippen molar-refractivity contribution in [2.75, 3.05) is 6.54 Å². The number of hydrogen-bond donors (Lipinski definition) is 2. The summed E-state index contributed by atoms with van der Waals surface area (Å²) in [5.74, 6) is 0.240. The summed E-state index contributed by atoms with van der Waals surface area (Å²) < 4.78 is 1.27. The molecule has 0 saturated carbocycles. The standard InChI is InChI=1S/C9H10BrN3O4/c10-6-4-11-7(13(6)9(16)17)5-2-1-3-12(5)8(14)15/h4-5H,1-3H2,(H,14,15)(H,16,17)/t5-/m0/s1. The van der Waals surface area contributed by atoms with E-state index in [0.717, 1.165) is 4.57 Å².